The van der Waals surface area contributed by atoms with Gasteiger partial charge in [-0.2, -0.15) is 0 Å². The summed E-state index contributed by atoms with van der Waals surface area (Å²) in [7, 11) is 0. The van der Waals surface area contributed by atoms with Crippen molar-refractivity contribution in [2.45, 2.75) is 0 Å². The van der Waals surface area contributed by atoms with Crippen LogP contribution in [-0.4, -0.2) is 16.8 Å². The lowest BCUT2D eigenvalue weighted by Gasteiger charge is -2.12. The van der Waals surface area contributed by atoms with Crippen molar-refractivity contribution in [3.8, 4) is 28.5 Å². The summed E-state index contributed by atoms with van der Waals surface area (Å²) in [5.74, 6) is 0.696. The van der Waals surface area contributed by atoms with Crippen molar-refractivity contribution < 1.29 is 23.8 Å². The second-order valence-corrected chi connectivity index (χ2v) is 7.35. The van der Waals surface area contributed by atoms with Crippen molar-refractivity contribution in [2.24, 2.45) is 0 Å². The van der Waals surface area contributed by atoms with Crippen molar-refractivity contribution in [3.05, 3.63) is 115 Å². The number of carbonyl (C=O) groups excluding carboxylic acids is 2. The maximum Gasteiger partial charge on any atom is 0.520 e. The minimum atomic E-state index is -0.972. The highest BCUT2D eigenvalue weighted by Gasteiger charge is 2.27. The largest absolute Gasteiger partial charge is 0.520 e. The number of hydrogen-bond acceptors (Lipinski definition) is 5. The van der Waals surface area contributed by atoms with Gasteiger partial charge in [0, 0.05) is 5.39 Å². The molecule has 6 heteroatoms. The maximum atomic E-state index is 13.3. The van der Waals surface area contributed by atoms with E-state index in [1.807, 2.05) is 54.6 Å². The molecule has 0 N–H and O–H groups in total. The number of benzene rings is 4. The van der Waals surface area contributed by atoms with Gasteiger partial charge in [0.05, 0.1) is 11.1 Å². The summed E-state index contributed by atoms with van der Waals surface area (Å²) in [6, 6.07) is 33.9. The molecule has 0 atom stereocenters. The third-order valence-electron chi connectivity index (χ3n) is 5.15. The van der Waals surface area contributed by atoms with Crippen LogP contribution in [0.25, 0.3) is 22.0 Å². The summed E-state index contributed by atoms with van der Waals surface area (Å²) in [4.78, 5) is 26.1. The number of rotatable bonds is 4. The zero-order chi connectivity index (χ0) is 23.3. The molecule has 4 aromatic carbocycles. The average molecular weight is 449 g/mol. The number of para-hydroxylation sites is 3. The quantitative estimate of drug-likeness (QED) is 0.220. The van der Waals surface area contributed by atoms with Crippen molar-refractivity contribution in [2.75, 3.05) is 0 Å². The Bertz CT molecular complexity index is 1440. The minimum absolute atomic E-state index is 0.00858. The Morgan fingerprint density at radius 2 is 1.09 bits per heavy atom. The molecule has 5 aromatic rings. The summed E-state index contributed by atoms with van der Waals surface area (Å²) in [6.07, 6.45) is -1.69. The Morgan fingerprint density at radius 3 is 1.74 bits per heavy atom. The Hall–Kier alpha value is -4.84. The third kappa shape index (κ3) is 4.25. The molecule has 0 radical (unpaired) electrons. The van der Waals surface area contributed by atoms with Gasteiger partial charge >= 0.3 is 12.2 Å². The van der Waals surface area contributed by atoms with Gasteiger partial charge in [0.25, 0.3) is 0 Å². The smallest absolute Gasteiger partial charge is 0.410 e. The van der Waals surface area contributed by atoms with E-state index in [9.17, 15) is 9.59 Å². The number of nitrogens with zero attached hydrogens (tertiary/aromatic N) is 1. The van der Waals surface area contributed by atoms with Crippen molar-refractivity contribution in [1.29, 1.82) is 0 Å². The maximum absolute atomic E-state index is 13.3. The summed E-state index contributed by atoms with van der Waals surface area (Å²) in [5, 5.41) is 0.723. The molecule has 0 fully saturated rings. The SMILES string of the molecule is O=C(Oc1ccccc1)Oc1c(-c2ccccc2)c2ccccc2n1C(=O)Oc1ccccc1. The lowest BCUT2D eigenvalue weighted by molar-refractivity contribution is 0.148. The van der Waals surface area contributed by atoms with Gasteiger partial charge in [-0.25, -0.2) is 14.2 Å². The lowest BCUT2D eigenvalue weighted by atomic mass is 10.0. The molecule has 0 aliphatic rings. The monoisotopic (exact) mass is 449 g/mol. The second-order valence-electron chi connectivity index (χ2n) is 7.35. The van der Waals surface area contributed by atoms with Gasteiger partial charge in [0.2, 0.25) is 5.88 Å². The van der Waals surface area contributed by atoms with Crippen LogP contribution in [0.5, 0.6) is 17.4 Å². The van der Waals surface area contributed by atoms with Crippen LogP contribution in [0, 0.1) is 0 Å². The summed E-state index contributed by atoms with van der Waals surface area (Å²) >= 11 is 0. The molecule has 0 saturated carbocycles. The Balaban J connectivity index is 1.63. The first kappa shape index (κ1) is 21.0. The first-order chi connectivity index (χ1) is 16.7. The van der Waals surface area contributed by atoms with E-state index in [-0.39, 0.29) is 5.88 Å². The van der Waals surface area contributed by atoms with Crippen molar-refractivity contribution in [3.63, 3.8) is 0 Å². The molecular formula is C28H19NO5. The average Bonchev–Trinajstić information content (AvgIpc) is 3.19. The zero-order valence-corrected chi connectivity index (χ0v) is 18.0. The molecule has 0 bridgehead atoms. The normalized spacial score (nSPS) is 10.6. The van der Waals surface area contributed by atoms with Crippen LogP contribution in [0.15, 0.2) is 115 Å². The van der Waals surface area contributed by atoms with E-state index in [4.69, 9.17) is 14.2 Å². The number of fused-ring (bicyclic) bond motifs is 1. The van der Waals surface area contributed by atoms with Crippen LogP contribution < -0.4 is 14.2 Å². The molecule has 6 nitrogen and oxygen atoms in total. The molecule has 34 heavy (non-hydrogen) atoms. The minimum Gasteiger partial charge on any atom is -0.410 e. The van der Waals surface area contributed by atoms with E-state index in [2.05, 4.69) is 0 Å². The Kier molecular flexibility index (Phi) is 5.78. The molecule has 0 aliphatic carbocycles. The first-order valence-electron chi connectivity index (χ1n) is 10.6. The second kappa shape index (κ2) is 9.34. The number of ether oxygens (including phenoxy) is 3. The van der Waals surface area contributed by atoms with Crippen LogP contribution in [0.1, 0.15) is 0 Å². The Morgan fingerprint density at radius 1 is 0.559 bits per heavy atom. The molecule has 0 saturated heterocycles. The highest BCUT2D eigenvalue weighted by Crippen LogP contribution is 2.40. The van der Waals surface area contributed by atoms with Crippen molar-refractivity contribution in [1.82, 2.24) is 4.57 Å². The van der Waals surface area contributed by atoms with Crippen LogP contribution in [0.4, 0.5) is 9.59 Å². The van der Waals surface area contributed by atoms with Crippen LogP contribution in [-0.2, 0) is 0 Å². The molecular weight excluding hydrogens is 430 g/mol. The summed E-state index contributed by atoms with van der Waals surface area (Å²) in [6.45, 7) is 0. The molecule has 0 amide bonds. The molecule has 0 spiro atoms. The molecule has 1 heterocycles. The molecule has 0 unspecified atom stereocenters. The topological polar surface area (TPSA) is 66.8 Å². The summed E-state index contributed by atoms with van der Waals surface area (Å²) in [5.41, 5.74) is 1.88. The van der Waals surface area contributed by atoms with Crippen LogP contribution >= 0.6 is 0 Å². The number of hydrogen-bond donors (Lipinski definition) is 0. The highest BCUT2D eigenvalue weighted by atomic mass is 16.7. The van der Waals surface area contributed by atoms with Gasteiger partial charge in [-0.05, 0) is 35.9 Å². The predicted molar refractivity (Wildman–Crippen MR) is 128 cm³/mol. The predicted octanol–water partition coefficient (Wildman–Crippen LogP) is 6.93. The fourth-order valence-corrected chi connectivity index (χ4v) is 3.70. The van der Waals surface area contributed by atoms with Gasteiger partial charge in [0.1, 0.15) is 11.5 Å². The van der Waals surface area contributed by atoms with Crippen molar-refractivity contribution >= 4 is 23.2 Å². The van der Waals surface area contributed by atoms with E-state index < -0.39 is 12.2 Å². The van der Waals surface area contributed by atoms with Gasteiger partial charge in [-0.3, -0.25) is 0 Å². The van der Waals surface area contributed by atoms with Gasteiger partial charge in [0.15, 0.2) is 0 Å². The lowest BCUT2D eigenvalue weighted by Crippen LogP contribution is -2.21. The van der Waals surface area contributed by atoms with Gasteiger partial charge in [-0.1, -0.05) is 84.9 Å². The number of carbonyl (C=O) groups is 2. The fourth-order valence-electron chi connectivity index (χ4n) is 3.70. The molecule has 0 aliphatic heterocycles. The van der Waals surface area contributed by atoms with E-state index in [1.54, 1.807) is 60.7 Å². The first-order valence-corrected chi connectivity index (χ1v) is 10.6. The third-order valence-corrected chi connectivity index (χ3v) is 5.15. The number of aromatic nitrogens is 1. The Labute approximate surface area is 195 Å². The zero-order valence-electron chi connectivity index (χ0n) is 18.0. The van der Waals surface area contributed by atoms with Crippen LogP contribution in [0.3, 0.4) is 0 Å². The highest BCUT2D eigenvalue weighted by molar-refractivity contribution is 6.05. The molecule has 166 valence electrons. The summed E-state index contributed by atoms with van der Waals surface area (Å²) < 4.78 is 17.8. The fraction of sp³-hybridized carbons (Fsp3) is 0. The van der Waals surface area contributed by atoms with E-state index >= 15 is 0 Å². The molecule has 5 rings (SSSR count). The van der Waals surface area contributed by atoms with E-state index in [0.717, 1.165) is 10.9 Å². The van der Waals surface area contributed by atoms with Crippen LogP contribution in [0.2, 0.25) is 0 Å². The standard InChI is InChI=1S/C28H19NO5/c30-27(32-21-14-6-2-7-15-21)29-24-19-11-10-18-23(24)25(20-12-4-1-5-13-20)26(29)34-28(31)33-22-16-8-3-9-17-22/h1-19H. The van der Waals surface area contributed by atoms with E-state index in [0.29, 0.717) is 22.6 Å². The molecule has 1 aromatic heterocycles. The van der Waals surface area contributed by atoms with E-state index in [1.165, 1.54) is 4.57 Å². The van der Waals surface area contributed by atoms with Gasteiger partial charge < -0.3 is 14.2 Å². The van der Waals surface area contributed by atoms with Gasteiger partial charge in [-0.15, -0.1) is 0 Å².